The van der Waals surface area contributed by atoms with E-state index in [0.717, 1.165) is 6.42 Å². The van der Waals surface area contributed by atoms with Gasteiger partial charge in [0.05, 0.1) is 0 Å². The van der Waals surface area contributed by atoms with Crippen LogP contribution in [0.2, 0.25) is 0 Å². The zero-order chi connectivity index (χ0) is 9.78. The van der Waals surface area contributed by atoms with Gasteiger partial charge in [0, 0.05) is 12.6 Å². The average molecular weight is 169 g/mol. The van der Waals surface area contributed by atoms with Gasteiger partial charge in [-0.2, -0.15) is 0 Å². The Labute approximate surface area is 75.3 Å². The second kappa shape index (κ2) is 4.29. The van der Waals surface area contributed by atoms with Crippen molar-refractivity contribution in [3.63, 3.8) is 0 Å². The molecule has 0 aromatic heterocycles. The van der Waals surface area contributed by atoms with Crippen molar-refractivity contribution in [3.8, 4) is 0 Å². The molecule has 0 N–H and O–H groups in total. The lowest BCUT2D eigenvalue weighted by molar-refractivity contribution is -0.129. The maximum absolute atomic E-state index is 11.4. The van der Waals surface area contributed by atoms with Gasteiger partial charge in [-0.1, -0.05) is 13.0 Å². The van der Waals surface area contributed by atoms with Gasteiger partial charge in [0.15, 0.2) is 0 Å². The molecular weight excluding hydrogens is 150 g/mol. The molecule has 2 nitrogen and oxygen atoms in total. The molecule has 0 rings (SSSR count). The first kappa shape index (κ1) is 11.2. The number of carbonyl (C=O) groups is 1. The molecule has 0 atom stereocenters. The van der Waals surface area contributed by atoms with Gasteiger partial charge < -0.3 is 4.90 Å². The fourth-order valence-electron chi connectivity index (χ4n) is 0.790. The molecule has 0 saturated carbocycles. The molecule has 0 aromatic carbocycles. The molecule has 0 unspecified atom stereocenters. The number of hydrogen-bond acceptors (Lipinski definition) is 1. The molecule has 70 valence electrons. The van der Waals surface area contributed by atoms with Crippen LogP contribution in [0.5, 0.6) is 0 Å². The van der Waals surface area contributed by atoms with Crippen molar-refractivity contribution in [2.24, 2.45) is 0 Å². The van der Waals surface area contributed by atoms with Crippen molar-refractivity contribution in [3.05, 3.63) is 12.2 Å². The number of allylic oxidation sites excluding steroid dienone is 1. The Balaban J connectivity index is 4.37. The molecule has 0 spiro atoms. The van der Waals surface area contributed by atoms with Gasteiger partial charge in [-0.15, -0.1) is 0 Å². The van der Waals surface area contributed by atoms with E-state index in [4.69, 9.17) is 0 Å². The van der Waals surface area contributed by atoms with E-state index in [2.05, 4.69) is 20.8 Å². The monoisotopic (exact) mass is 169 g/mol. The van der Waals surface area contributed by atoms with Gasteiger partial charge in [0.25, 0.3) is 0 Å². The molecular formula is C10H19NO. The molecule has 0 aliphatic rings. The van der Waals surface area contributed by atoms with Crippen LogP contribution in [0.15, 0.2) is 12.2 Å². The number of amides is 1. The molecule has 0 saturated heterocycles. The second-order valence-corrected chi connectivity index (χ2v) is 3.56. The Kier molecular flexibility index (Phi) is 4.01. The summed E-state index contributed by atoms with van der Waals surface area (Å²) in [6.07, 6.45) is 4.33. The summed E-state index contributed by atoms with van der Waals surface area (Å²) < 4.78 is 0. The van der Waals surface area contributed by atoms with E-state index >= 15 is 0 Å². The normalized spacial score (nSPS) is 12.1. The Bertz CT molecular complexity index is 182. The third-order valence-corrected chi connectivity index (χ3v) is 2.41. The van der Waals surface area contributed by atoms with E-state index in [1.54, 1.807) is 17.1 Å². The Morgan fingerprint density at radius 3 is 2.33 bits per heavy atom. The van der Waals surface area contributed by atoms with Gasteiger partial charge in [0.1, 0.15) is 0 Å². The van der Waals surface area contributed by atoms with E-state index in [0.29, 0.717) is 0 Å². The predicted octanol–water partition coefficient (Wildman–Crippen LogP) is 2.21. The van der Waals surface area contributed by atoms with Gasteiger partial charge >= 0.3 is 0 Å². The highest BCUT2D eigenvalue weighted by Gasteiger charge is 2.23. The molecule has 12 heavy (non-hydrogen) atoms. The molecule has 0 radical (unpaired) electrons. The minimum atomic E-state index is -0.0450. The third-order valence-electron chi connectivity index (χ3n) is 2.41. The SMILES string of the molecule is C/C=C/C(=O)N(C)C(C)(C)CC. The second-order valence-electron chi connectivity index (χ2n) is 3.56. The smallest absolute Gasteiger partial charge is 0.246 e. The lowest BCUT2D eigenvalue weighted by Crippen LogP contribution is -2.43. The Hall–Kier alpha value is -0.790. The molecule has 0 aliphatic heterocycles. The van der Waals surface area contributed by atoms with Crippen molar-refractivity contribution in [2.45, 2.75) is 39.7 Å². The quantitative estimate of drug-likeness (QED) is 0.593. The number of hydrogen-bond donors (Lipinski definition) is 0. The summed E-state index contributed by atoms with van der Waals surface area (Å²) in [6, 6.07) is 0. The van der Waals surface area contributed by atoms with Gasteiger partial charge in [-0.05, 0) is 33.3 Å². The third kappa shape index (κ3) is 2.68. The molecule has 0 aromatic rings. The van der Waals surface area contributed by atoms with Crippen LogP contribution in [0.25, 0.3) is 0 Å². The highest BCUT2D eigenvalue weighted by molar-refractivity contribution is 5.87. The van der Waals surface area contributed by atoms with Crippen molar-refractivity contribution in [1.29, 1.82) is 0 Å². The van der Waals surface area contributed by atoms with Gasteiger partial charge in [-0.25, -0.2) is 0 Å². The van der Waals surface area contributed by atoms with Crippen molar-refractivity contribution >= 4 is 5.91 Å². The summed E-state index contributed by atoms with van der Waals surface area (Å²) in [4.78, 5) is 13.2. The summed E-state index contributed by atoms with van der Waals surface area (Å²) >= 11 is 0. The topological polar surface area (TPSA) is 20.3 Å². The number of carbonyl (C=O) groups excluding carboxylic acids is 1. The molecule has 0 fully saturated rings. The lowest BCUT2D eigenvalue weighted by atomic mass is 10.00. The van der Waals surface area contributed by atoms with Crippen molar-refractivity contribution in [1.82, 2.24) is 4.90 Å². The van der Waals surface area contributed by atoms with Crippen LogP contribution >= 0.6 is 0 Å². The maximum Gasteiger partial charge on any atom is 0.246 e. The van der Waals surface area contributed by atoms with Crippen LogP contribution in [0.1, 0.15) is 34.1 Å². The number of nitrogens with zero attached hydrogens (tertiary/aromatic N) is 1. The van der Waals surface area contributed by atoms with E-state index < -0.39 is 0 Å². The lowest BCUT2D eigenvalue weighted by Gasteiger charge is -2.34. The molecule has 2 heteroatoms. The maximum atomic E-state index is 11.4. The van der Waals surface area contributed by atoms with E-state index in [1.165, 1.54) is 0 Å². The summed E-state index contributed by atoms with van der Waals surface area (Å²) in [5.41, 5.74) is -0.0450. The number of rotatable bonds is 3. The highest BCUT2D eigenvalue weighted by atomic mass is 16.2. The zero-order valence-electron chi connectivity index (χ0n) is 8.72. The van der Waals surface area contributed by atoms with Gasteiger partial charge in [0.2, 0.25) is 5.91 Å². The Morgan fingerprint density at radius 2 is 2.00 bits per heavy atom. The van der Waals surface area contributed by atoms with Crippen LogP contribution in [0.4, 0.5) is 0 Å². The van der Waals surface area contributed by atoms with Crippen LogP contribution in [0, 0.1) is 0 Å². The van der Waals surface area contributed by atoms with Crippen LogP contribution in [0.3, 0.4) is 0 Å². The van der Waals surface area contributed by atoms with Crippen LogP contribution in [-0.2, 0) is 4.79 Å². The predicted molar refractivity (Wildman–Crippen MR) is 52.0 cm³/mol. The minimum absolute atomic E-state index is 0.0450. The summed E-state index contributed by atoms with van der Waals surface area (Å²) in [7, 11) is 1.84. The molecule has 0 aliphatic carbocycles. The minimum Gasteiger partial charge on any atom is -0.337 e. The molecule has 0 heterocycles. The van der Waals surface area contributed by atoms with Crippen molar-refractivity contribution in [2.75, 3.05) is 7.05 Å². The van der Waals surface area contributed by atoms with Crippen LogP contribution in [-0.4, -0.2) is 23.4 Å². The fourth-order valence-corrected chi connectivity index (χ4v) is 0.790. The first-order chi connectivity index (χ1) is 5.45. The summed E-state index contributed by atoms with van der Waals surface area (Å²) in [5, 5.41) is 0. The Morgan fingerprint density at radius 1 is 1.50 bits per heavy atom. The van der Waals surface area contributed by atoms with Crippen molar-refractivity contribution < 1.29 is 4.79 Å². The summed E-state index contributed by atoms with van der Waals surface area (Å²) in [6.45, 7) is 8.06. The fraction of sp³-hybridized carbons (Fsp3) is 0.700. The largest absolute Gasteiger partial charge is 0.337 e. The molecule has 0 bridgehead atoms. The summed E-state index contributed by atoms with van der Waals surface area (Å²) in [5.74, 6) is 0.0735. The average Bonchev–Trinajstić information content (AvgIpc) is 2.03. The first-order valence-electron chi connectivity index (χ1n) is 4.36. The van der Waals surface area contributed by atoms with E-state index in [9.17, 15) is 4.79 Å². The highest BCUT2D eigenvalue weighted by Crippen LogP contribution is 2.16. The van der Waals surface area contributed by atoms with Gasteiger partial charge in [-0.3, -0.25) is 4.79 Å². The first-order valence-corrected chi connectivity index (χ1v) is 4.36. The zero-order valence-corrected chi connectivity index (χ0v) is 8.72. The number of likely N-dealkylation sites (N-methyl/N-ethyl adjacent to an activating group) is 1. The van der Waals surface area contributed by atoms with Crippen LogP contribution < -0.4 is 0 Å². The van der Waals surface area contributed by atoms with E-state index in [1.807, 2.05) is 14.0 Å². The van der Waals surface area contributed by atoms with E-state index in [-0.39, 0.29) is 11.4 Å². The molecule has 1 amide bonds. The standard InChI is InChI=1S/C10H19NO/c1-6-8-9(12)11(5)10(3,4)7-2/h6,8H,7H2,1-5H3/b8-6+.